The SMILES string of the molecule is C=C(c1cc(CN2CCN(/C(C)=C/CC)CC2)c(C)cc1C)N1CCN(/C(C)=N/CC)CC1. The van der Waals surface area contributed by atoms with Gasteiger partial charge >= 0.3 is 0 Å². The second-order valence-corrected chi connectivity index (χ2v) is 9.55. The standard InChI is InChI=1S/C28H45N5/c1-8-10-24(5)31-13-11-30(12-14-31)21-27-20-28(23(4)19-22(27)3)25(6)32-15-17-33(18-16-32)26(7)29-9-2/h10,19-20H,6,8-9,11-18,21H2,1-5,7H3/b24-10+,29-26+. The average Bonchev–Trinajstić information content (AvgIpc) is 2.81. The Hall–Kier alpha value is -2.27. The number of piperazine rings is 2. The second kappa shape index (κ2) is 11.7. The fourth-order valence-electron chi connectivity index (χ4n) is 5.10. The van der Waals surface area contributed by atoms with Gasteiger partial charge in [0.2, 0.25) is 0 Å². The van der Waals surface area contributed by atoms with Gasteiger partial charge in [0.25, 0.3) is 0 Å². The third-order valence-corrected chi connectivity index (χ3v) is 7.26. The highest BCUT2D eigenvalue weighted by atomic mass is 15.3. The summed E-state index contributed by atoms with van der Waals surface area (Å²) in [7, 11) is 0. The van der Waals surface area contributed by atoms with Crippen LogP contribution in [0.3, 0.4) is 0 Å². The van der Waals surface area contributed by atoms with Gasteiger partial charge in [-0.05, 0) is 63.8 Å². The van der Waals surface area contributed by atoms with Crippen LogP contribution in [0.4, 0.5) is 0 Å². The van der Waals surface area contributed by atoms with E-state index in [0.29, 0.717) is 0 Å². The van der Waals surface area contributed by atoms with Crippen LogP contribution < -0.4 is 0 Å². The zero-order valence-corrected chi connectivity index (χ0v) is 22.0. The van der Waals surface area contributed by atoms with Gasteiger partial charge in [-0.15, -0.1) is 0 Å². The van der Waals surface area contributed by atoms with Gasteiger partial charge in [0, 0.05) is 82.4 Å². The van der Waals surface area contributed by atoms with Crippen molar-refractivity contribution in [3.63, 3.8) is 0 Å². The highest BCUT2D eigenvalue weighted by molar-refractivity contribution is 5.80. The molecule has 0 spiro atoms. The molecular formula is C28H45N5. The number of allylic oxidation sites excluding steroid dienone is 2. The van der Waals surface area contributed by atoms with Gasteiger partial charge in [-0.25, -0.2) is 0 Å². The maximum atomic E-state index is 4.58. The molecule has 2 aliphatic heterocycles. The van der Waals surface area contributed by atoms with Crippen molar-refractivity contribution < 1.29 is 0 Å². The van der Waals surface area contributed by atoms with E-state index in [0.717, 1.165) is 77.7 Å². The minimum absolute atomic E-state index is 0.855. The quantitative estimate of drug-likeness (QED) is 0.441. The molecule has 5 heteroatoms. The predicted molar refractivity (Wildman–Crippen MR) is 143 cm³/mol. The molecule has 5 nitrogen and oxygen atoms in total. The molecule has 1 aromatic carbocycles. The van der Waals surface area contributed by atoms with Crippen LogP contribution in [0.5, 0.6) is 0 Å². The van der Waals surface area contributed by atoms with Gasteiger partial charge < -0.3 is 14.7 Å². The van der Waals surface area contributed by atoms with Crippen LogP contribution in [0, 0.1) is 13.8 Å². The van der Waals surface area contributed by atoms with Crippen LogP contribution in [0.15, 0.2) is 35.5 Å². The number of hydrogen-bond donors (Lipinski definition) is 0. The van der Waals surface area contributed by atoms with E-state index in [4.69, 9.17) is 0 Å². The van der Waals surface area contributed by atoms with Crippen molar-refractivity contribution in [2.75, 3.05) is 58.9 Å². The fraction of sp³-hybridized carbons (Fsp3) is 0.607. The number of nitrogens with zero attached hydrogens (tertiary/aromatic N) is 5. The van der Waals surface area contributed by atoms with Crippen molar-refractivity contribution in [3.8, 4) is 0 Å². The first-order valence-electron chi connectivity index (χ1n) is 12.8. The molecule has 3 rings (SSSR count). The van der Waals surface area contributed by atoms with E-state index in [1.165, 1.54) is 33.6 Å². The molecule has 0 amide bonds. The smallest absolute Gasteiger partial charge is 0.0958 e. The minimum Gasteiger partial charge on any atom is -0.373 e. The third-order valence-electron chi connectivity index (χ3n) is 7.26. The van der Waals surface area contributed by atoms with Crippen molar-refractivity contribution in [2.45, 2.75) is 54.5 Å². The number of benzene rings is 1. The fourth-order valence-corrected chi connectivity index (χ4v) is 5.10. The van der Waals surface area contributed by atoms with Crippen LogP contribution in [0.2, 0.25) is 0 Å². The molecule has 2 aliphatic rings. The topological polar surface area (TPSA) is 25.3 Å². The molecule has 0 radical (unpaired) electrons. The Labute approximate surface area is 202 Å². The Kier molecular flexibility index (Phi) is 9.02. The zero-order chi connectivity index (χ0) is 24.0. The van der Waals surface area contributed by atoms with E-state index < -0.39 is 0 Å². The normalized spacial score (nSPS) is 18.8. The van der Waals surface area contributed by atoms with Gasteiger partial charge in [0.15, 0.2) is 0 Å². The molecule has 33 heavy (non-hydrogen) atoms. The van der Waals surface area contributed by atoms with Crippen LogP contribution in [-0.2, 0) is 6.54 Å². The van der Waals surface area contributed by atoms with E-state index in [1.54, 1.807) is 0 Å². The van der Waals surface area contributed by atoms with Crippen LogP contribution >= 0.6 is 0 Å². The van der Waals surface area contributed by atoms with E-state index >= 15 is 0 Å². The maximum Gasteiger partial charge on any atom is 0.0958 e. The summed E-state index contributed by atoms with van der Waals surface area (Å²) in [6, 6.07) is 4.77. The van der Waals surface area contributed by atoms with Crippen molar-refractivity contribution >= 4 is 11.5 Å². The van der Waals surface area contributed by atoms with Gasteiger partial charge in [0.1, 0.15) is 0 Å². The average molecular weight is 452 g/mol. The Morgan fingerprint density at radius 3 is 2.09 bits per heavy atom. The first-order chi connectivity index (χ1) is 15.8. The Balaban J connectivity index is 1.64. The van der Waals surface area contributed by atoms with Gasteiger partial charge in [-0.1, -0.05) is 25.6 Å². The van der Waals surface area contributed by atoms with Crippen molar-refractivity contribution in [2.24, 2.45) is 4.99 Å². The second-order valence-electron chi connectivity index (χ2n) is 9.55. The molecule has 0 aromatic heterocycles. The summed E-state index contributed by atoms with van der Waals surface area (Å²) >= 11 is 0. The maximum absolute atomic E-state index is 4.58. The molecule has 0 N–H and O–H groups in total. The zero-order valence-electron chi connectivity index (χ0n) is 22.0. The molecule has 182 valence electrons. The Bertz CT molecular complexity index is 869. The highest BCUT2D eigenvalue weighted by Crippen LogP contribution is 2.27. The lowest BCUT2D eigenvalue weighted by atomic mass is 9.97. The number of aryl methyl sites for hydroxylation is 2. The lowest BCUT2D eigenvalue weighted by Gasteiger charge is -2.38. The lowest BCUT2D eigenvalue weighted by Crippen LogP contribution is -2.47. The van der Waals surface area contributed by atoms with E-state index in [2.05, 4.69) is 90.9 Å². The number of amidine groups is 1. The molecule has 2 heterocycles. The summed E-state index contributed by atoms with van der Waals surface area (Å²) in [6.45, 7) is 28.1. The van der Waals surface area contributed by atoms with Gasteiger partial charge in [-0.3, -0.25) is 9.89 Å². The number of rotatable bonds is 7. The summed E-state index contributed by atoms with van der Waals surface area (Å²) < 4.78 is 0. The molecule has 1 aromatic rings. The summed E-state index contributed by atoms with van der Waals surface area (Å²) in [6.07, 6.45) is 3.46. The summed E-state index contributed by atoms with van der Waals surface area (Å²) in [4.78, 5) is 14.6. The van der Waals surface area contributed by atoms with Crippen molar-refractivity contribution in [3.05, 3.63) is 52.7 Å². The van der Waals surface area contributed by atoms with E-state index in [9.17, 15) is 0 Å². The van der Waals surface area contributed by atoms with E-state index in [1.807, 2.05) is 0 Å². The summed E-state index contributed by atoms with van der Waals surface area (Å²) in [5, 5.41) is 0. The molecule has 0 bridgehead atoms. The van der Waals surface area contributed by atoms with Gasteiger partial charge in [0.05, 0.1) is 5.84 Å². The molecule has 0 saturated carbocycles. The molecule has 2 saturated heterocycles. The largest absolute Gasteiger partial charge is 0.373 e. The monoisotopic (exact) mass is 451 g/mol. The minimum atomic E-state index is 0.855. The van der Waals surface area contributed by atoms with Crippen LogP contribution in [0.25, 0.3) is 5.70 Å². The molecular weight excluding hydrogens is 406 g/mol. The third kappa shape index (κ3) is 6.41. The lowest BCUT2D eigenvalue weighted by molar-refractivity contribution is 0.152. The summed E-state index contributed by atoms with van der Waals surface area (Å²) in [5.41, 5.74) is 8.07. The van der Waals surface area contributed by atoms with E-state index in [-0.39, 0.29) is 0 Å². The van der Waals surface area contributed by atoms with Crippen LogP contribution in [-0.4, -0.2) is 84.3 Å². The summed E-state index contributed by atoms with van der Waals surface area (Å²) in [5.74, 6) is 1.16. The Morgan fingerprint density at radius 2 is 1.48 bits per heavy atom. The number of hydrogen-bond acceptors (Lipinski definition) is 4. The Morgan fingerprint density at radius 1 is 0.879 bits per heavy atom. The first kappa shape index (κ1) is 25.4. The number of aliphatic imine (C=N–C) groups is 1. The molecule has 0 aliphatic carbocycles. The first-order valence-corrected chi connectivity index (χ1v) is 12.8. The highest BCUT2D eigenvalue weighted by Gasteiger charge is 2.22. The predicted octanol–water partition coefficient (Wildman–Crippen LogP) is 4.76. The van der Waals surface area contributed by atoms with Crippen molar-refractivity contribution in [1.82, 2.24) is 19.6 Å². The van der Waals surface area contributed by atoms with Gasteiger partial charge in [-0.2, -0.15) is 0 Å². The molecule has 0 unspecified atom stereocenters. The van der Waals surface area contributed by atoms with Crippen molar-refractivity contribution in [1.29, 1.82) is 0 Å². The molecule has 2 fully saturated rings. The van der Waals surface area contributed by atoms with Crippen LogP contribution in [0.1, 0.15) is 56.4 Å². The molecule has 0 atom stereocenters.